The van der Waals surface area contributed by atoms with Gasteiger partial charge < -0.3 is 14.9 Å². The van der Waals surface area contributed by atoms with E-state index in [2.05, 4.69) is 59.5 Å². The van der Waals surface area contributed by atoms with Crippen LogP contribution in [0.4, 0.5) is 0 Å². The highest BCUT2D eigenvalue weighted by molar-refractivity contribution is 5.55. The van der Waals surface area contributed by atoms with E-state index in [9.17, 15) is 9.90 Å². The fourth-order valence-electron chi connectivity index (χ4n) is 6.60. The highest BCUT2D eigenvalue weighted by Crippen LogP contribution is 2.47. The first-order valence-corrected chi connectivity index (χ1v) is 13.0. The van der Waals surface area contributed by atoms with Crippen LogP contribution < -0.4 is 0 Å². The van der Waals surface area contributed by atoms with Gasteiger partial charge in [-0.1, -0.05) is 60.7 Å². The number of phenolic OH excluding ortho intramolecular Hbond substituents is 1. The van der Waals surface area contributed by atoms with Gasteiger partial charge in [0.15, 0.2) is 0 Å². The van der Waals surface area contributed by atoms with E-state index in [0.29, 0.717) is 18.8 Å². The number of hydrogen-bond donors (Lipinski definition) is 1. The van der Waals surface area contributed by atoms with Crippen LogP contribution in [0.25, 0.3) is 0 Å². The van der Waals surface area contributed by atoms with Crippen molar-refractivity contribution in [3.8, 4) is 5.75 Å². The van der Waals surface area contributed by atoms with E-state index in [1.165, 1.54) is 47.2 Å². The van der Waals surface area contributed by atoms with Gasteiger partial charge >= 0.3 is 0 Å². The van der Waals surface area contributed by atoms with Crippen molar-refractivity contribution >= 4 is 6.41 Å². The van der Waals surface area contributed by atoms with Gasteiger partial charge in [0.1, 0.15) is 5.75 Å². The summed E-state index contributed by atoms with van der Waals surface area (Å²) in [5.41, 5.74) is 6.22. The van der Waals surface area contributed by atoms with E-state index in [4.69, 9.17) is 0 Å². The van der Waals surface area contributed by atoms with Gasteiger partial charge in [-0.05, 0) is 78.1 Å². The molecular weight excluding hydrogens is 432 g/mol. The minimum Gasteiger partial charge on any atom is -0.508 e. The summed E-state index contributed by atoms with van der Waals surface area (Å²) in [7, 11) is 0. The lowest BCUT2D eigenvalue weighted by molar-refractivity contribution is -0.119. The minimum absolute atomic E-state index is 0.134. The summed E-state index contributed by atoms with van der Waals surface area (Å²) < 4.78 is 0. The molecule has 3 aromatic rings. The number of carbonyl (C=O) groups is 1. The molecule has 0 radical (unpaired) electrons. The number of carbonyl (C=O) groups excluding carboxylic acids is 1. The molecule has 1 amide bonds. The Morgan fingerprint density at radius 2 is 1.77 bits per heavy atom. The summed E-state index contributed by atoms with van der Waals surface area (Å²) in [4.78, 5) is 16.5. The van der Waals surface area contributed by atoms with Gasteiger partial charge in [0, 0.05) is 37.5 Å². The topological polar surface area (TPSA) is 43.8 Å². The fourth-order valence-corrected chi connectivity index (χ4v) is 6.60. The average molecular weight is 467 g/mol. The Balaban J connectivity index is 1.50. The van der Waals surface area contributed by atoms with Crippen molar-refractivity contribution in [2.24, 2.45) is 5.92 Å². The fraction of sp³-hybridized carbons (Fsp3) is 0.387. The summed E-state index contributed by atoms with van der Waals surface area (Å²) >= 11 is 0. The van der Waals surface area contributed by atoms with Crippen molar-refractivity contribution in [3.05, 3.63) is 101 Å². The molecule has 3 aromatic carbocycles. The average Bonchev–Trinajstić information content (AvgIpc) is 3.72. The Morgan fingerprint density at radius 1 is 0.971 bits per heavy atom. The Kier molecular flexibility index (Phi) is 5.85. The van der Waals surface area contributed by atoms with E-state index in [1.54, 1.807) is 6.07 Å². The zero-order valence-electron chi connectivity index (χ0n) is 20.3. The summed E-state index contributed by atoms with van der Waals surface area (Å²) in [6, 6.07) is 25.4. The molecule has 2 aliphatic heterocycles. The van der Waals surface area contributed by atoms with E-state index in [0.717, 1.165) is 38.3 Å². The quantitative estimate of drug-likeness (QED) is 0.502. The predicted molar refractivity (Wildman–Crippen MR) is 138 cm³/mol. The summed E-state index contributed by atoms with van der Waals surface area (Å²) in [5, 5.41) is 10.5. The van der Waals surface area contributed by atoms with Crippen LogP contribution in [0.5, 0.6) is 5.75 Å². The maximum atomic E-state index is 11.9. The Labute approximate surface area is 208 Å². The lowest BCUT2D eigenvalue weighted by Gasteiger charge is -2.46. The second-order valence-electron chi connectivity index (χ2n) is 10.8. The smallest absolute Gasteiger partial charge is 0.210 e. The summed E-state index contributed by atoms with van der Waals surface area (Å²) in [6.45, 7) is 4.65. The number of likely N-dealkylation sites (tertiary alicyclic amines) is 1. The molecule has 0 spiro atoms. The van der Waals surface area contributed by atoms with Gasteiger partial charge in [0.05, 0.1) is 0 Å². The van der Waals surface area contributed by atoms with Gasteiger partial charge in [-0.15, -0.1) is 0 Å². The lowest BCUT2D eigenvalue weighted by atomic mass is 9.65. The molecule has 180 valence electrons. The predicted octanol–water partition coefficient (Wildman–Crippen LogP) is 5.29. The zero-order chi connectivity index (χ0) is 23.8. The summed E-state index contributed by atoms with van der Waals surface area (Å²) in [5.74, 6) is 1.31. The van der Waals surface area contributed by atoms with Gasteiger partial charge in [-0.25, -0.2) is 0 Å². The molecule has 2 heterocycles. The third kappa shape index (κ3) is 4.25. The van der Waals surface area contributed by atoms with Gasteiger partial charge in [-0.3, -0.25) is 4.79 Å². The van der Waals surface area contributed by atoms with Crippen LogP contribution in [0.3, 0.4) is 0 Å². The van der Waals surface area contributed by atoms with Crippen LogP contribution in [0.1, 0.15) is 59.4 Å². The third-order valence-electron chi connectivity index (χ3n) is 8.41. The highest BCUT2D eigenvalue weighted by Gasteiger charge is 2.42. The van der Waals surface area contributed by atoms with E-state index < -0.39 is 0 Å². The summed E-state index contributed by atoms with van der Waals surface area (Å²) in [6.07, 6.45) is 5.90. The number of piperidine rings is 1. The SMILES string of the molecule is O=CN1Cc2ccccc2C(c2ccccc2C2(c3cccc(O)c3)CCCN(CC3CC3)C2)C1. The molecule has 0 aromatic heterocycles. The van der Waals surface area contributed by atoms with Crippen LogP contribution in [0.15, 0.2) is 72.8 Å². The second kappa shape index (κ2) is 9.16. The molecule has 2 unspecified atom stereocenters. The van der Waals surface area contributed by atoms with Crippen LogP contribution in [0, 0.1) is 5.92 Å². The van der Waals surface area contributed by atoms with Crippen LogP contribution in [-0.4, -0.2) is 47.5 Å². The molecule has 35 heavy (non-hydrogen) atoms. The molecule has 4 nitrogen and oxygen atoms in total. The number of phenols is 1. The van der Waals surface area contributed by atoms with Crippen LogP contribution in [-0.2, 0) is 16.8 Å². The maximum absolute atomic E-state index is 11.9. The molecule has 4 heteroatoms. The molecule has 2 fully saturated rings. The standard InChI is InChI=1S/C31H34N2O2/c34-22-33-19-24-7-1-2-10-27(24)29(20-33)28-11-3-4-12-30(28)31(25-8-5-9-26(35)17-25)15-6-16-32(21-31)18-23-13-14-23/h1-5,7-12,17,22-23,29,35H,6,13-16,18-21H2. The van der Waals surface area contributed by atoms with Gasteiger partial charge in [0.25, 0.3) is 0 Å². The highest BCUT2D eigenvalue weighted by atomic mass is 16.3. The number of amides is 1. The number of benzene rings is 3. The molecule has 2 atom stereocenters. The molecule has 1 saturated heterocycles. The first-order chi connectivity index (χ1) is 17.2. The molecule has 1 aliphatic carbocycles. The number of hydrogen-bond acceptors (Lipinski definition) is 3. The molecular formula is C31H34N2O2. The molecule has 3 aliphatic rings. The van der Waals surface area contributed by atoms with Crippen LogP contribution >= 0.6 is 0 Å². The Hall–Kier alpha value is -3.11. The Morgan fingerprint density at radius 3 is 2.57 bits per heavy atom. The van der Waals surface area contributed by atoms with E-state index >= 15 is 0 Å². The van der Waals surface area contributed by atoms with Crippen molar-refractivity contribution < 1.29 is 9.90 Å². The second-order valence-corrected chi connectivity index (χ2v) is 10.8. The number of rotatable bonds is 6. The van der Waals surface area contributed by atoms with Crippen molar-refractivity contribution in [3.63, 3.8) is 0 Å². The van der Waals surface area contributed by atoms with Gasteiger partial charge in [0.2, 0.25) is 6.41 Å². The molecule has 1 N–H and O–H groups in total. The largest absolute Gasteiger partial charge is 0.508 e. The maximum Gasteiger partial charge on any atom is 0.210 e. The van der Waals surface area contributed by atoms with Crippen molar-refractivity contribution in [2.75, 3.05) is 26.2 Å². The third-order valence-corrected chi connectivity index (χ3v) is 8.41. The van der Waals surface area contributed by atoms with Crippen molar-refractivity contribution in [2.45, 2.75) is 43.6 Å². The molecule has 6 rings (SSSR count). The number of fused-ring (bicyclic) bond motifs is 1. The van der Waals surface area contributed by atoms with Crippen LogP contribution in [0.2, 0.25) is 0 Å². The first kappa shape index (κ1) is 22.4. The van der Waals surface area contributed by atoms with Gasteiger partial charge in [-0.2, -0.15) is 0 Å². The molecule has 0 bridgehead atoms. The zero-order valence-corrected chi connectivity index (χ0v) is 20.3. The van der Waals surface area contributed by atoms with E-state index in [1.807, 2.05) is 17.0 Å². The van der Waals surface area contributed by atoms with E-state index in [-0.39, 0.29) is 11.3 Å². The lowest BCUT2D eigenvalue weighted by Crippen LogP contribution is -2.48. The first-order valence-electron chi connectivity index (χ1n) is 13.0. The molecule has 1 saturated carbocycles. The number of aromatic hydroxyl groups is 1. The monoisotopic (exact) mass is 466 g/mol. The minimum atomic E-state index is -0.194. The van der Waals surface area contributed by atoms with Crippen molar-refractivity contribution in [1.82, 2.24) is 9.80 Å². The number of nitrogens with zero attached hydrogens (tertiary/aromatic N) is 2. The van der Waals surface area contributed by atoms with Crippen molar-refractivity contribution in [1.29, 1.82) is 0 Å². The Bertz CT molecular complexity index is 1220. The normalized spacial score (nSPS) is 24.7.